The number of rotatable bonds is 5. The molecule has 1 aromatic heterocycles. The Kier molecular flexibility index (Phi) is 4.42. The molecule has 0 aliphatic carbocycles. The summed E-state index contributed by atoms with van der Waals surface area (Å²) in [6, 6.07) is 6.50. The molecule has 0 saturated carbocycles. The van der Waals surface area contributed by atoms with Crippen molar-refractivity contribution in [1.82, 2.24) is 14.8 Å². The van der Waals surface area contributed by atoms with Gasteiger partial charge < -0.3 is 10.1 Å². The molecule has 8 heteroatoms. The summed E-state index contributed by atoms with van der Waals surface area (Å²) in [5, 5.41) is 7.22. The molecule has 3 rings (SSSR count). The van der Waals surface area contributed by atoms with E-state index in [-0.39, 0.29) is 12.0 Å². The van der Waals surface area contributed by atoms with E-state index in [4.69, 9.17) is 4.74 Å². The van der Waals surface area contributed by atoms with Gasteiger partial charge in [-0.3, -0.25) is 4.79 Å². The number of ether oxygens (including phenoxy) is 1. The first kappa shape index (κ1) is 15.3. The van der Waals surface area contributed by atoms with Crippen LogP contribution in [0.15, 0.2) is 33.9 Å². The molecule has 1 fully saturated rings. The van der Waals surface area contributed by atoms with Gasteiger partial charge in [-0.15, -0.1) is 0 Å². The van der Waals surface area contributed by atoms with Gasteiger partial charge in [0, 0.05) is 18.7 Å². The number of carbonyl (C=O) groups excluding carboxylic acids is 1. The van der Waals surface area contributed by atoms with E-state index in [2.05, 4.69) is 15.5 Å². The summed E-state index contributed by atoms with van der Waals surface area (Å²) in [5.74, 6) is -0.0788. The van der Waals surface area contributed by atoms with Crippen LogP contribution in [0, 0.1) is 0 Å². The van der Waals surface area contributed by atoms with Crippen LogP contribution in [-0.2, 0) is 9.53 Å². The third kappa shape index (κ3) is 3.59. The highest BCUT2D eigenvalue weighted by atomic mass is 16.5. The first-order valence-electron chi connectivity index (χ1n) is 7.55. The molecule has 1 aliphatic rings. The van der Waals surface area contributed by atoms with Crippen molar-refractivity contribution in [2.24, 2.45) is 0 Å². The van der Waals surface area contributed by atoms with Crippen molar-refractivity contribution < 1.29 is 9.53 Å². The predicted molar refractivity (Wildman–Crippen MR) is 83.8 cm³/mol. The third-order valence-electron chi connectivity index (χ3n) is 3.81. The molecule has 2 aromatic rings. The fraction of sp³-hybridized carbons (Fsp3) is 0.400. The number of anilines is 1. The summed E-state index contributed by atoms with van der Waals surface area (Å²) in [6.07, 6.45) is 3.39. The average Bonchev–Trinajstić information content (AvgIpc) is 3.17. The van der Waals surface area contributed by atoms with Gasteiger partial charge in [0.15, 0.2) is 0 Å². The van der Waals surface area contributed by atoms with Crippen molar-refractivity contribution in [2.75, 3.05) is 11.9 Å². The minimum Gasteiger partial charge on any atom is -0.378 e. The number of aromatic nitrogens is 3. The van der Waals surface area contributed by atoms with Gasteiger partial charge in [-0.25, -0.2) is 24.4 Å². The van der Waals surface area contributed by atoms with Gasteiger partial charge in [0.2, 0.25) is 5.91 Å². The van der Waals surface area contributed by atoms with Gasteiger partial charge in [0.1, 0.15) is 0 Å². The second-order valence-electron chi connectivity index (χ2n) is 5.46. The lowest BCUT2D eigenvalue weighted by atomic mass is 10.1. The first-order valence-corrected chi connectivity index (χ1v) is 7.55. The Hall–Kier alpha value is -2.61. The molecule has 2 heterocycles. The Morgan fingerprint density at radius 3 is 2.52 bits per heavy atom. The Labute approximate surface area is 131 Å². The van der Waals surface area contributed by atoms with E-state index >= 15 is 0 Å². The van der Waals surface area contributed by atoms with E-state index in [1.807, 2.05) is 0 Å². The van der Waals surface area contributed by atoms with Crippen LogP contribution in [0.1, 0.15) is 25.7 Å². The SMILES string of the molecule is O=C(CCC1CCCO1)Nc1ccc(-n2c(=O)[nH][nH]c2=O)cc1. The molecule has 1 amide bonds. The van der Waals surface area contributed by atoms with Crippen molar-refractivity contribution in [3.8, 4) is 5.69 Å². The molecular weight excluding hydrogens is 300 g/mol. The van der Waals surface area contributed by atoms with Crippen molar-refractivity contribution in [3.05, 3.63) is 45.2 Å². The molecule has 23 heavy (non-hydrogen) atoms. The predicted octanol–water partition coefficient (Wildman–Crippen LogP) is 0.752. The standard InChI is InChI=1S/C15H18N4O4/c20-13(8-7-12-2-1-9-23-12)16-10-3-5-11(6-4-10)19-14(21)17-18-15(19)22/h3-6,12H,1-2,7-9H2,(H,16,20)(H,17,21)(H,18,22). The Balaban J connectivity index is 1.60. The normalized spacial score (nSPS) is 17.3. The highest BCUT2D eigenvalue weighted by Gasteiger charge is 2.16. The summed E-state index contributed by atoms with van der Waals surface area (Å²) in [6.45, 7) is 0.783. The fourth-order valence-electron chi connectivity index (χ4n) is 2.63. The number of carbonyl (C=O) groups is 1. The van der Waals surface area contributed by atoms with Crippen molar-refractivity contribution in [3.63, 3.8) is 0 Å². The van der Waals surface area contributed by atoms with Crippen LogP contribution >= 0.6 is 0 Å². The minimum absolute atomic E-state index is 0.0788. The molecule has 8 nitrogen and oxygen atoms in total. The van der Waals surface area contributed by atoms with Crippen molar-refractivity contribution >= 4 is 11.6 Å². The van der Waals surface area contributed by atoms with Crippen molar-refractivity contribution in [2.45, 2.75) is 31.8 Å². The maximum absolute atomic E-state index is 11.9. The van der Waals surface area contributed by atoms with Gasteiger partial charge in [-0.05, 0) is 43.5 Å². The highest BCUT2D eigenvalue weighted by Crippen LogP contribution is 2.17. The van der Waals surface area contributed by atoms with Crippen LogP contribution in [0.5, 0.6) is 0 Å². The van der Waals surface area contributed by atoms with Crippen molar-refractivity contribution in [1.29, 1.82) is 0 Å². The van der Waals surface area contributed by atoms with Crippen LogP contribution in [-0.4, -0.2) is 33.4 Å². The van der Waals surface area contributed by atoms with Gasteiger partial charge in [-0.2, -0.15) is 0 Å². The monoisotopic (exact) mass is 318 g/mol. The molecule has 0 radical (unpaired) electrons. The lowest BCUT2D eigenvalue weighted by Gasteiger charge is -2.09. The minimum atomic E-state index is -0.539. The van der Waals surface area contributed by atoms with Crippen LogP contribution in [0.3, 0.4) is 0 Å². The van der Waals surface area contributed by atoms with E-state index in [0.29, 0.717) is 17.8 Å². The lowest BCUT2D eigenvalue weighted by Crippen LogP contribution is -2.24. The van der Waals surface area contributed by atoms with Gasteiger partial charge in [0.05, 0.1) is 11.8 Å². The van der Waals surface area contributed by atoms with E-state index in [1.54, 1.807) is 24.3 Å². The van der Waals surface area contributed by atoms with Gasteiger partial charge in [-0.1, -0.05) is 0 Å². The Morgan fingerprint density at radius 1 is 1.22 bits per heavy atom. The summed E-state index contributed by atoms with van der Waals surface area (Å²) >= 11 is 0. The molecule has 1 aliphatic heterocycles. The highest BCUT2D eigenvalue weighted by molar-refractivity contribution is 5.90. The summed E-state index contributed by atoms with van der Waals surface area (Å²) in [5.41, 5.74) is -0.0346. The molecule has 1 unspecified atom stereocenters. The van der Waals surface area contributed by atoms with E-state index in [1.165, 1.54) is 0 Å². The zero-order chi connectivity index (χ0) is 16.2. The number of hydrogen-bond acceptors (Lipinski definition) is 4. The number of aromatic amines is 2. The summed E-state index contributed by atoms with van der Waals surface area (Å²) in [4.78, 5) is 34.9. The van der Waals surface area contributed by atoms with Gasteiger partial charge >= 0.3 is 11.4 Å². The quantitative estimate of drug-likeness (QED) is 0.756. The third-order valence-corrected chi connectivity index (χ3v) is 3.81. The number of hydrogen-bond donors (Lipinski definition) is 3. The van der Waals surface area contributed by atoms with Crippen LogP contribution in [0.4, 0.5) is 5.69 Å². The van der Waals surface area contributed by atoms with E-state index in [9.17, 15) is 14.4 Å². The van der Waals surface area contributed by atoms with E-state index in [0.717, 1.165) is 30.4 Å². The smallest absolute Gasteiger partial charge is 0.348 e. The second kappa shape index (κ2) is 6.66. The molecule has 1 saturated heterocycles. The number of amides is 1. The van der Waals surface area contributed by atoms with Crippen LogP contribution in [0.25, 0.3) is 5.69 Å². The number of nitrogens with zero attached hydrogens (tertiary/aromatic N) is 1. The number of H-pyrrole nitrogens is 2. The number of nitrogens with one attached hydrogen (secondary N) is 3. The topological polar surface area (TPSA) is 109 Å². The zero-order valence-corrected chi connectivity index (χ0v) is 12.5. The summed E-state index contributed by atoms with van der Waals surface area (Å²) in [7, 11) is 0. The Bertz CT molecular complexity index is 753. The molecule has 1 aromatic carbocycles. The molecule has 3 N–H and O–H groups in total. The van der Waals surface area contributed by atoms with Gasteiger partial charge in [0.25, 0.3) is 0 Å². The number of benzene rings is 1. The Morgan fingerprint density at radius 2 is 1.91 bits per heavy atom. The fourth-order valence-corrected chi connectivity index (χ4v) is 2.63. The molecule has 0 spiro atoms. The van der Waals surface area contributed by atoms with E-state index < -0.39 is 11.4 Å². The van der Waals surface area contributed by atoms with Crippen LogP contribution in [0.2, 0.25) is 0 Å². The average molecular weight is 318 g/mol. The molecule has 1 atom stereocenters. The molecule has 122 valence electrons. The van der Waals surface area contributed by atoms with Crippen LogP contribution < -0.4 is 16.7 Å². The lowest BCUT2D eigenvalue weighted by molar-refractivity contribution is -0.116. The largest absolute Gasteiger partial charge is 0.378 e. The first-order chi connectivity index (χ1) is 11.1. The zero-order valence-electron chi connectivity index (χ0n) is 12.5. The maximum atomic E-state index is 11.9. The molecular formula is C15H18N4O4. The second-order valence-corrected chi connectivity index (χ2v) is 5.46. The summed E-state index contributed by atoms with van der Waals surface area (Å²) < 4.78 is 6.46. The maximum Gasteiger partial charge on any atom is 0.348 e. The molecule has 0 bridgehead atoms.